The van der Waals surface area contributed by atoms with Crippen molar-refractivity contribution in [3.63, 3.8) is 0 Å². The lowest BCUT2D eigenvalue weighted by Crippen LogP contribution is -2.31. The molecule has 0 fully saturated rings. The Morgan fingerprint density at radius 3 is 2.44 bits per heavy atom. The largest absolute Gasteiger partial charge is 0.399 e. The Bertz CT molecular complexity index is 1260. The van der Waals surface area contributed by atoms with Crippen molar-refractivity contribution in [1.82, 2.24) is 19.9 Å². The van der Waals surface area contributed by atoms with Crippen molar-refractivity contribution in [2.45, 2.75) is 19.5 Å². The summed E-state index contributed by atoms with van der Waals surface area (Å²) in [5.74, 6) is 0.749. The van der Waals surface area contributed by atoms with Gasteiger partial charge in [-0.15, -0.1) is 0 Å². The van der Waals surface area contributed by atoms with E-state index >= 15 is 0 Å². The lowest BCUT2D eigenvalue weighted by molar-refractivity contribution is 0.242. The van der Waals surface area contributed by atoms with Crippen LogP contribution in [-0.4, -0.2) is 26.4 Å². The number of hydrogen-bond acceptors (Lipinski definition) is 5. The zero-order valence-electron chi connectivity index (χ0n) is 17.3. The molecule has 5 rings (SSSR count). The molecule has 1 aliphatic heterocycles. The number of halogens is 2. The van der Waals surface area contributed by atoms with E-state index in [2.05, 4.69) is 20.9 Å². The highest BCUT2D eigenvalue weighted by Crippen LogP contribution is 2.28. The van der Waals surface area contributed by atoms with Gasteiger partial charge < -0.3 is 5.73 Å². The molecule has 2 N–H and O–H groups in total. The monoisotopic (exact) mass is 461 g/mol. The third-order valence-corrected chi connectivity index (χ3v) is 6.37. The molecule has 7 heteroatoms. The highest BCUT2D eigenvalue weighted by molar-refractivity contribution is 6.42. The Balaban J connectivity index is 1.27. The van der Waals surface area contributed by atoms with Gasteiger partial charge in [-0.05, 0) is 48.0 Å². The van der Waals surface area contributed by atoms with Crippen LogP contribution in [0.25, 0.3) is 22.6 Å². The number of nitrogens with two attached hydrogens (primary N) is 1. The van der Waals surface area contributed by atoms with Gasteiger partial charge in [0, 0.05) is 60.8 Å². The summed E-state index contributed by atoms with van der Waals surface area (Å²) in [5.41, 5.74) is 12.8. The second kappa shape index (κ2) is 8.87. The van der Waals surface area contributed by atoms with E-state index in [0.29, 0.717) is 10.0 Å². The van der Waals surface area contributed by atoms with E-state index in [-0.39, 0.29) is 0 Å². The van der Waals surface area contributed by atoms with E-state index in [9.17, 15) is 0 Å². The first-order valence-corrected chi connectivity index (χ1v) is 11.1. The molecule has 0 spiro atoms. The first kappa shape index (κ1) is 20.9. The molecular weight excluding hydrogens is 441 g/mol. The van der Waals surface area contributed by atoms with Crippen LogP contribution in [0.4, 0.5) is 5.69 Å². The Morgan fingerprint density at radius 1 is 0.875 bits per heavy atom. The van der Waals surface area contributed by atoms with Crippen molar-refractivity contribution in [3.05, 3.63) is 93.9 Å². The number of rotatable bonds is 4. The number of hydrogen-bond donors (Lipinski definition) is 1. The van der Waals surface area contributed by atoms with Crippen molar-refractivity contribution < 1.29 is 0 Å². The minimum atomic E-state index is 0.531. The van der Waals surface area contributed by atoms with E-state index in [0.717, 1.165) is 65.6 Å². The molecule has 0 aliphatic carbocycles. The summed E-state index contributed by atoms with van der Waals surface area (Å²) < 4.78 is 0. The van der Waals surface area contributed by atoms with Gasteiger partial charge in [0.25, 0.3) is 0 Å². The highest BCUT2D eigenvalue weighted by atomic mass is 35.5. The van der Waals surface area contributed by atoms with Gasteiger partial charge in [-0.2, -0.15) is 0 Å². The van der Waals surface area contributed by atoms with E-state index in [1.165, 1.54) is 5.56 Å². The number of nitrogen functional groups attached to an aromatic ring is 1. The van der Waals surface area contributed by atoms with Gasteiger partial charge >= 0.3 is 0 Å². The quantitative estimate of drug-likeness (QED) is 0.397. The molecule has 0 saturated carbocycles. The maximum Gasteiger partial charge on any atom is 0.159 e. The highest BCUT2D eigenvalue weighted by Gasteiger charge is 2.19. The number of nitrogens with zero attached hydrogens (tertiary/aromatic N) is 4. The van der Waals surface area contributed by atoms with Crippen LogP contribution in [0, 0.1) is 0 Å². The molecule has 4 aromatic rings. The molecule has 0 radical (unpaired) electrons. The van der Waals surface area contributed by atoms with Crippen LogP contribution >= 0.6 is 23.2 Å². The van der Waals surface area contributed by atoms with E-state index < -0.39 is 0 Å². The Morgan fingerprint density at radius 2 is 1.69 bits per heavy atom. The predicted molar refractivity (Wildman–Crippen MR) is 129 cm³/mol. The van der Waals surface area contributed by atoms with E-state index in [1.807, 2.05) is 54.9 Å². The number of fused-ring (bicyclic) bond motifs is 1. The minimum absolute atomic E-state index is 0.531. The fraction of sp³-hybridized carbons (Fsp3) is 0.160. The van der Waals surface area contributed by atoms with Gasteiger partial charge in [0.05, 0.1) is 21.4 Å². The molecule has 0 saturated heterocycles. The molecule has 0 amide bonds. The summed E-state index contributed by atoms with van der Waals surface area (Å²) >= 11 is 12.1. The molecule has 3 heterocycles. The molecule has 32 heavy (non-hydrogen) atoms. The minimum Gasteiger partial charge on any atom is -0.399 e. The van der Waals surface area contributed by atoms with Crippen molar-refractivity contribution in [2.75, 3.05) is 12.3 Å². The van der Waals surface area contributed by atoms with Gasteiger partial charge in [-0.25, -0.2) is 9.97 Å². The van der Waals surface area contributed by atoms with Gasteiger partial charge in [0.15, 0.2) is 5.82 Å². The third-order valence-electron chi connectivity index (χ3n) is 5.63. The average molecular weight is 462 g/mol. The maximum absolute atomic E-state index is 6.13. The Kier molecular flexibility index (Phi) is 5.79. The summed E-state index contributed by atoms with van der Waals surface area (Å²) in [5, 5.41) is 1.07. The second-order valence-corrected chi connectivity index (χ2v) is 8.74. The van der Waals surface area contributed by atoms with Gasteiger partial charge in [-0.3, -0.25) is 9.88 Å². The molecule has 0 atom stereocenters. The number of benzene rings is 2. The second-order valence-electron chi connectivity index (χ2n) is 7.93. The van der Waals surface area contributed by atoms with Crippen LogP contribution in [0.2, 0.25) is 10.0 Å². The Hall–Kier alpha value is -2.99. The van der Waals surface area contributed by atoms with Crippen LogP contribution in [0.3, 0.4) is 0 Å². The first-order valence-electron chi connectivity index (χ1n) is 10.4. The maximum atomic E-state index is 6.13. The molecule has 2 aromatic carbocycles. The lowest BCUT2D eigenvalue weighted by atomic mass is 10.1. The van der Waals surface area contributed by atoms with Gasteiger partial charge in [-0.1, -0.05) is 35.3 Å². The average Bonchev–Trinajstić information content (AvgIpc) is 2.81. The first-order chi connectivity index (χ1) is 15.5. The molecule has 0 bridgehead atoms. The topological polar surface area (TPSA) is 67.9 Å². The van der Waals surface area contributed by atoms with Crippen molar-refractivity contribution in [1.29, 1.82) is 0 Å². The smallest absolute Gasteiger partial charge is 0.159 e. The van der Waals surface area contributed by atoms with Crippen molar-refractivity contribution >= 4 is 28.9 Å². The van der Waals surface area contributed by atoms with Crippen LogP contribution in [0.15, 0.2) is 67.0 Å². The van der Waals surface area contributed by atoms with Crippen LogP contribution < -0.4 is 5.73 Å². The fourth-order valence-electron chi connectivity index (χ4n) is 3.88. The number of anilines is 1. The summed E-state index contributed by atoms with van der Waals surface area (Å²) in [6.07, 6.45) is 4.77. The SMILES string of the molecule is Nc1ccc(-c2ncc3c(n2)CCN(Cc2ccc(-c4ccc(Cl)c(Cl)c4)nc2)C3)cc1. The van der Waals surface area contributed by atoms with Crippen LogP contribution in [-0.2, 0) is 19.5 Å². The molecular formula is C25H21Cl2N5. The third kappa shape index (κ3) is 4.46. The zero-order chi connectivity index (χ0) is 22.1. The Labute approximate surface area is 196 Å². The zero-order valence-corrected chi connectivity index (χ0v) is 18.8. The summed E-state index contributed by atoms with van der Waals surface area (Å²) in [6.45, 7) is 2.60. The number of aromatic nitrogens is 3. The summed E-state index contributed by atoms with van der Waals surface area (Å²) in [7, 11) is 0. The molecule has 0 unspecified atom stereocenters. The summed E-state index contributed by atoms with van der Waals surface area (Å²) in [4.78, 5) is 16.4. The van der Waals surface area contributed by atoms with E-state index in [1.54, 1.807) is 6.07 Å². The normalized spacial score (nSPS) is 13.7. The van der Waals surface area contributed by atoms with Crippen molar-refractivity contribution in [3.8, 4) is 22.6 Å². The predicted octanol–water partition coefficient (Wildman–Crippen LogP) is 5.65. The standard InChI is InChI=1S/C25H21Cl2N5/c26-21-7-4-18(11-22(21)27)23-8-1-16(12-29-23)14-32-10-9-24-19(15-32)13-30-25(31-24)17-2-5-20(28)6-3-17/h1-8,11-13H,9-10,14-15,28H2. The number of pyridine rings is 1. The van der Waals surface area contributed by atoms with Gasteiger partial charge in [0.1, 0.15) is 0 Å². The molecule has 2 aromatic heterocycles. The molecule has 1 aliphatic rings. The summed E-state index contributed by atoms with van der Waals surface area (Å²) in [6, 6.07) is 17.4. The fourth-order valence-corrected chi connectivity index (χ4v) is 4.18. The van der Waals surface area contributed by atoms with E-state index in [4.69, 9.17) is 33.9 Å². The molecule has 5 nitrogen and oxygen atoms in total. The van der Waals surface area contributed by atoms with Crippen LogP contribution in [0.1, 0.15) is 16.8 Å². The van der Waals surface area contributed by atoms with Crippen LogP contribution in [0.5, 0.6) is 0 Å². The lowest BCUT2D eigenvalue weighted by Gasteiger charge is -2.28. The molecule has 160 valence electrons. The van der Waals surface area contributed by atoms with Crippen molar-refractivity contribution in [2.24, 2.45) is 0 Å². The van der Waals surface area contributed by atoms with Gasteiger partial charge in [0.2, 0.25) is 0 Å².